The molecule has 2 amide bonds. The van der Waals surface area contributed by atoms with Gasteiger partial charge in [-0.15, -0.1) is 0 Å². The second-order valence-electron chi connectivity index (χ2n) is 8.05. The molecular weight excluding hydrogens is 418 g/mol. The molecule has 2 heterocycles. The number of ether oxygens (including phenoxy) is 1. The van der Waals surface area contributed by atoms with Crippen molar-refractivity contribution in [3.8, 4) is 5.75 Å². The Balaban J connectivity index is 1.15. The predicted octanol–water partition coefficient (Wildman–Crippen LogP) is 1.77. The lowest BCUT2D eigenvalue weighted by Crippen LogP contribution is -2.49. The van der Waals surface area contributed by atoms with Crippen LogP contribution in [0.25, 0.3) is 0 Å². The summed E-state index contributed by atoms with van der Waals surface area (Å²) in [6.45, 7) is 4.85. The van der Waals surface area contributed by atoms with Crippen molar-refractivity contribution in [2.75, 3.05) is 51.2 Å². The zero-order valence-electron chi connectivity index (χ0n) is 17.7. The van der Waals surface area contributed by atoms with Crippen LogP contribution in [0.5, 0.6) is 5.75 Å². The molecule has 0 aliphatic carbocycles. The zero-order valence-corrected chi connectivity index (χ0v) is 17.7. The number of anilines is 1. The molecule has 0 saturated carbocycles. The average molecular weight is 444 g/mol. The van der Waals surface area contributed by atoms with Crippen molar-refractivity contribution >= 4 is 17.5 Å². The second-order valence-corrected chi connectivity index (χ2v) is 8.05. The third-order valence-corrected chi connectivity index (χ3v) is 5.64. The minimum Gasteiger partial charge on any atom is -0.493 e. The van der Waals surface area contributed by atoms with Crippen LogP contribution >= 0.6 is 0 Å². The van der Waals surface area contributed by atoms with Crippen LogP contribution in [0.2, 0.25) is 0 Å². The van der Waals surface area contributed by atoms with E-state index < -0.39 is 17.5 Å². The number of benzene rings is 2. The molecule has 32 heavy (non-hydrogen) atoms. The lowest BCUT2D eigenvalue weighted by Gasteiger charge is -2.34. The maximum atomic E-state index is 13.2. The van der Waals surface area contributed by atoms with Crippen molar-refractivity contribution in [1.29, 1.82) is 0 Å². The normalized spacial score (nSPS) is 16.3. The largest absolute Gasteiger partial charge is 0.493 e. The number of amides is 2. The van der Waals surface area contributed by atoms with Crippen LogP contribution in [0.4, 0.5) is 14.5 Å². The molecular formula is C23H26F2N4O3. The van der Waals surface area contributed by atoms with Gasteiger partial charge in [0.25, 0.3) is 0 Å². The van der Waals surface area contributed by atoms with Crippen LogP contribution < -0.4 is 15.4 Å². The number of carbonyl (C=O) groups excluding carboxylic acids is 2. The second kappa shape index (κ2) is 10.1. The van der Waals surface area contributed by atoms with Gasteiger partial charge in [-0.25, -0.2) is 8.78 Å². The Kier molecular flexibility index (Phi) is 6.96. The van der Waals surface area contributed by atoms with E-state index in [1.165, 1.54) is 17.2 Å². The van der Waals surface area contributed by atoms with Crippen LogP contribution in [-0.2, 0) is 22.6 Å². The summed E-state index contributed by atoms with van der Waals surface area (Å²) < 4.78 is 31.7. The molecule has 2 aromatic rings. The van der Waals surface area contributed by atoms with Crippen molar-refractivity contribution in [3.63, 3.8) is 0 Å². The first-order chi connectivity index (χ1) is 15.5. The molecule has 0 radical (unpaired) electrons. The molecule has 2 N–H and O–H groups in total. The lowest BCUT2D eigenvalue weighted by molar-refractivity contribution is -0.125. The highest BCUT2D eigenvalue weighted by atomic mass is 19.2. The number of halogens is 2. The maximum absolute atomic E-state index is 13.2. The van der Waals surface area contributed by atoms with Gasteiger partial charge in [0.05, 0.1) is 19.7 Å². The Morgan fingerprint density at radius 2 is 1.72 bits per heavy atom. The first-order valence-electron chi connectivity index (χ1n) is 10.7. The van der Waals surface area contributed by atoms with Crippen molar-refractivity contribution in [2.45, 2.75) is 13.0 Å². The number of rotatable bonds is 7. The van der Waals surface area contributed by atoms with E-state index in [1.54, 1.807) is 0 Å². The summed E-state index contributed by atoms with van der Waals surface area (Å²) in [7, 11) is 0. The molecule has 2 aliphatic rings. The molecule has 0 bridgehead atoms. The zero-order chi connectivity index (χ0) is 22.5. The fourth-order valence-corrected chi connectivity index (χ4v) is 3.92. The summed E-state index contributed by atoms with van der Waals surface area (Å²) in [4.78, 5) is 28.5. The molecule has 4 rings (SSSR count). The quantitative estimate of drug-likeness (QED) is 0.681. The topological polar surface area (TPSA) is 73.9 Å². The van der Waals surface area contributed by atoms with E-state index in [0.29, 0.717) is 0 Å². The first-order valence-corrected chi connectivity index (χ1v) is 10.7. The van der Waals surface area contributed by atoms with Crippen molar-refractivity contribution in [2.24, 2.45) is 0 Å². The Morgan fingerprint density at radius 3 is 2.50 bits per heavy atom. The first kappa shape index (κ1) is 22.2. The predicted molar refractivity (Wildman–Crippen MR) is 115 cm³/mol. The fourth-order valence-electron chi connectivity index (χ4n) is 3.92. The minimum atomic E-state index is -1.05. The molecule has 170 valence electrons. The van der Waals surface area contributed by atoms with Gasteiger partial charge in [0.1, 0.15) is 5.75 Å². The van der Waals surface area contributed by atoms with Crippen LogP contribution in [0.1, 0.15) is 11.1 Å². The molecule has 1 saturated heterocycles. The van der Waals surface area contributed by atoms with Gasteiger partial charge in [-0.05, 0) is 29.3 Å². The lowest BCUT2D eigenvalue weighted by atomic mass is 10.1. The molecule has 0 unspecified atom stereocenters. The van der Waals surface area contributed by atoms with Crippen LogP contribution in [0, 0.1) is 11.6 Å². The van der Waals surface area contributed by atoms with Gasteiger partial charge in [0, 0.05) is 50.9 Å². The van der Waals surface area contributed by atoms with Gasteiger partial charge in [0.15, 0.2) is 11.6 Å². The van der Waals surface area contributed by atoms with Gasteiger partial charge in [-0.3, -0.25) is 19.4 Å². The van der Waals surface area contributed by atoms with E-state index in [0.717, 1.165) is 63.6 Å². The summed E-state index contributed by atoms with van der Waals surface area (Å²) in [5.74, 6) is -1.80. The number of nitrogens with one attached hydrogen (secondary N) is 2. The van der Waals surface area contributed by atoms with Gasteiger partial charge in [-0.1, -0.05) is 12.1 Å². The molecule has 0 spiro atoms. The Hall–Kier alpha value is -3.04. The van der Waals surface area contributed by atoms with E-state index in [2.05, 4.69) is 32.6 Å². The number of fused-ring (bicyclic) bond motifs is 1. The Morgan fingerprint density at radius 1 is 0.938 bits per heavy atom. The number of hydrogen-bond acceptors (Lipinski definition) is 5. The number of carbonyl (C=O) groups is 2. The monoisotopic (exact) mass is 444 g/mol. The van der Waals surface area contributed by atoms with E-state index in [-0.39, 0.29) is 24.7 Å². The number of nitrogens with zero attached hydrogens (tertiary/aromatic N) is 2. The third kappa shape index (κ3) is 5.80. The molecule has 9 heteroatoms. The summed E-state index contributed by atoms with van der Waals surface area (Å²) in [6.07, 6.45) is 0.963. The van der Waals surface area contributed by atoms with E-state index >= 15 is 0 Å². The van der Waals surface area contributed by atoms with Crippen LogP contribution in [-0.4, -0.2) is 67.5 Å². The van der Waals surface area contributed by atoms with Crippen molar-refractivity contribution in [1.82, 2.24) is 15.1 Å². The molecule has 0 aromatic heterocycles. The van der Waals surface area contributed by atoms with E-state index in [4.69, 9.17) is 4.74 Å². The highest BCUT2D eigenvalue weighted by molar-refractivity contribution is 5.94. The van der Waals surface area contributed by atoms with Crippen LogP contribution in [0.3, 0.4) is 0 Å². The molecule has 0 atom stereocenters. The van der Waals surface area contributed by atoms with E-state index in [1.807, 2.05) is 6.07 Å². The third-order valence-electron chi connectivity index (χ3n) is 5.64. The smallest absolute Gasteiger partial charge is 0.243 e. The summed E-state index contributed by atoms with van der Waals surface area (Å²) in [6, 6.07) is 9.45. The number of piperazine rings is 1. The fraction of sp³-hybridized carbons (Fsp3) is 0.391. The highest BCUT2D eigenvalue weighted by Crippen LogP contribution is 2.26. The Bertz CT molecular complexity index is 993. The summed E-state index contributed by atoms with van der Waals surface area (Å²) >= 11 is 0. The summed E-state index contributed by atoms with van der Waals surface area (Å²) in [5, 5.41) is 4.99. The molecule has 2 aliphatic heterocycles. The van der Waals surface area contributed by atoms with Gasteiger partial charge in [-0.2, -0.15) is 0 Å². The SMILES string of the molecule is O=C(CN1CCN(Cc2ccc3c(c2)CCO3)CC1)NCC(=O)Nc1ccc(F)c(F)c1. The average Bonchev–Trinajstić information content (AvgIpc) is 3.24. The van der Waals surface area contributed by atoms with Crippen molar-refractivity contribution < 1.29 is 23.1 Å². The molecule has 2 aromatic carbocycles. The van der Waals surface area contributed by atoms with Crippen LogP contribution in [0.15, 0.2) is 36.4 Å². The van der Waals surface area contributed by atoms with Crippen molar-refractivity contribution in [3.05, 3.63) is 59.2 Å². The Labute approximate surface area is 185 Å². The highest BCUT2D eigenvalue weighted by Gasteiger charge is 2.20. The van der Waals surface area contributed by atoms with Gasteiger partial charge in [0.2, 0.25) is 11.8 Å². The standard InChI is InChI=1S/C23H26F2N4O3/c24-19-3-2-18(12-20(19)25)27-22(30)13-26-23(31)15-29-8-6-28(7-9-29)14-16-1-4-21-17(11-16)5-10-32-21/h1-4,11-12H,5-10,13-15H2,(H,26,31)(H,27,30). The number of hydrogen-bond donors (Lipinski definition) is 2. The van der Waals surface area contributed by atoms with Gasteiger partial charge >= 0.3 is 0 Å². The van der Waals surface area contributed by atoms with E-state index in [9.17, 15) is 18.4 Å². The van der Waals surface area contributed by atoms with Gasteiger partial charge < -0.3 is 15.4 Å². The minimum absolute atomic E-state index is 0.134. The summed E-state index contributed by atoms with van der Waals surface area (Å²) in [5.41, 5.74) is 2.68. The molecule has 1 fully saturated rings. The molecule has 7 nitrogen and oxygen atoms in total. The maximum Gasteiger partial charge on any atom is 0.243 e.